The van der Waals surface area contributed by atoms with Crippen molar-refractivity contribution in [2.45, 2.75) is 52.5 Å². The van der Waals surface area contributed by atoms with E-state index in [1.807, 2.05) is 0 Å². The molecule has 0 bridgehead atoms. The molecule has 0 aliphatic rings. The van der Waals surface area contributed by atoms with Crippen molar-refractivity contribution in [2.24, 2.45) is 5.73 Å². The van der Waals surface area contributed by atoms with Crippen LogP contribution in [0.3, 0.4) is 0 Å². The van der Waals surface area contributed by atoms with E-state index >= 15 is 0 Å². The molecule has 0 amide bonds. The van der Waals surface area contributed by atoms with E-state index in [-0.39, 0.29) is 18.4 Å². The summed E-state index contributed by atoms with van der Waals surface area (Å²) in [7, 11) is 0. The van der Waals surface area contributed by atoms with Crippen LogP contribution < -0.4 is 5.73 Å². The molecule has 1 rings (SSSR count). The van der Waals surface area contributed by atoms with E-state index in [4.69, 9.17) is 5.73 Å². The molecule has 16 heavy (non-hydrogen) atoms. The highest BCUT2D eigenvalue weighted by Gasteiger charge is 2.06. The van der Waals surface area contributed by atoms with E-state index in [1.54, 1.807) is 0 Å². The first-order valence-corrected chi connectivity index (χ1v) is 5.97. The van der Waals surface area contributed by atoms with Crippen LogP contribution in [-0.2, 0) is 0 Å². The second kappa shape index (κ2) is 7.70. The minimum absolute atomic E-state index is 0. The van der Waals surface area contributed by atoms with Gasteiger partial charge in [0.25, 0.3) is 0 Å². The summed E-state index contributed by atoms with van der Waals surface area (Å²) in [5.41, 5.74) is 10.1. The van der Waals surface area contributed by atoms with Crippen LogP contribution in [0.5, 0.6) is 0 Å². The molecule has 1 aromatic rings. The third kappa shape index (κ3) is 5.00. The molecule has 0 heterocycles. The second-order valence-electron chi connectivity index (χ2n) is 4.52. The molecule has 2 N–H and O–H groups in total. The van der Waals surface area contributed by atoms with Crippen molar-refractivity contribution in [3.63, 3.8) is 0 Å². The Morgan fingerprint density at radius 2 is 1.62 bits per heavy atom. The molecule has 1 aromatic carbocycles. The Kier molecular flexibility index (Phi) is 7.44. The molecule has 0 spiro atoms. The Labute approximate surface area is 106 Å². The van der Waals surface area contributed by atoms with Crippen LogP contribution in [0.4, 0.5) is 0 Å². The van der Waals surface area contributed by atoms with Crippen LogP contribution in [0, 0.1) is 13.8 Å². The first-order valence-electron chi connectivity index (χ1n) is 5.97. The minimum Gasteiger partial charge on any atom is -0.324 e. The Hall–Kier alpha value is -0.530. The van der Waals surface area contributed by atoms with E-state index in [0.717, 1.165) is 6.42 Å². The molecule has 92 valence electrons. The summed E-state index contributed by atoms with van der Waals surface area (Å²) in [6, 6.07) is 6.84. The maximum absolute atomic E-state index is 6.17. The zero-order valence-electron chi connectivity index (χ0n) is 10.6. The van der Waals surface area contributed by atoms with Gasteiger partial charge in [-0.1, -0.05) is 55.5 Å². The van der Waals surface area contributed by atoms with Crippen molar-refractivity contribution < 1.29 is 0 Å². The van der Waals surface area contributed by atoms with Crippen LogP contribution in [0.25, 0.3) is 0 Å². The maximum Gasteiger partial charge on any atom is 0.0295 e. The Bertz CT molecular complexity index is 289. The third-order valence-corrected chi connectivity index (χ3v) is 2.79. The maximum atomic E-state index is 6.17. The quantitative estimate of drug-likeness (QED) is 0.764. The lowest BCUT2D eigenvalue weighted by Gasteiger charge is -2.13. The number of unbranched alkanes of at least 4 members (excludes halogenated alkanes) is 2. The van der Waals surface area contributed by atoms with Crippen LogP contribution in [0.1, 0.15) is 55.3 Å². The van der Waals surface area contributed by atoms with Crippen LogP contribution in [0.2, 0.25) is 0 Å². The number of halogens is 1. The lowest BCUT2D eigenvalue weighted by Crippen LogP contribution is -2.10. The summed E-state index contributed by atoms with van der Waals surface area (Å²) in [4.78, 5) is 0. The van der Waals surface area contributed by atoms with Gasteiger partial charge in [0.05, 0.1) is 0 Å². The first kappa shape index (κ1) is 15.5. The number of nitrogens with two attached hydrogens (primary N) is 1. The Morgan fingerprint density at radius 1 is 1.06 bits per heavy atom. The van der Waals surface area contributed by atoms with E-state index in [9.17, 15) is 0 Å². The van der Waals surface area contributed by atoms with Crippen molar-refractivity contribution in [3.05, 3.63) is 34.9 Å². The van der Waals surface area contributed by atoms with Gasteiger partial charge in [-0.05, 0) is 25.8 Å². The number of hydrogen-bond donors (Lipinski definition) is 1. The molecule has 0 saturated carbocycles. The zero-order valence-corrected chi connectivity index (χ0v) is 11.4. The molecule has 0 aromatic heterocycles. The molecule has 0 unspecified atom stereocenters. The second-order valence-corrected chi connectivity index (χ2v) is 4.52. The highest BCUT2D eigenvalue weighted by molar-refractivity contribution is 5.85. The summed E-state index contributed by atoms with van der Waals surface area (Å²) >= 11 is 0. The molecular weight excluding hydrogens is 218 g/mol. The fourth-order valence-corrected chi connectivity index (χ4v) is 2.00. The first-order chi connectivity index (χ1) is 7.13. The van der Waals surface area contributed by atoms with E-state index in [1.165, 1.54) is 36.0 Å². The normalized spacial score (nSPS) is 12.0. The van der Waals surface area contributed by atoms with E-state index in [2.05, 4.69) is 39.0 Å². The van der Waals surface area contributed by atoms with Gasteiger partial charge in [-0.3, -0.25) is 0 Å². The van der Waals surface area contributed by atoms with Gasteiger partial charge in [-0.15, -0.1) is 12.4 Å². The molecule has 2 heteroatoms. The van der Waals surface area contributed by atoms with Gasteiger partial charge in [-0.25, -0.2) is 0 Å². The lowest BCUT2D eigenvalue weighted by atomic mass is 9.98. The summed E-state index contributed by atoms with van der Waals surface area (Å²) < 4.78 is 0. The number of rotatable bonds is 5. The average molecular weight is 242 g/mol. The van der Waals surface area contributed by atoms with Crippen molar-refractivity contribution >= 4 is 12.4 Å². The summed E-state index contributed by atoms with van der Waals surface area (Å²) in [5.74, 6) is 0. The predicted molar refractivity (Wildman–Crippen MR) is 74.2 cm³/mol. The minimum atomic E-state index is 0. The molecule has 1 atom stereocenters. The van der Waals surface area contributed by atoms with Crippen molar-refractivity contribution in [2.75, 3.05) is 0 Å². The van der Waals surface area contributed by atoms with Gasteiger partial charge >= 0.3 is 0 Å². The van der Waals surface area contributed by atoms with Gasteiger partial charge in [0.2, 0.25) is 0 Å². The van der Waals surface area contributed by atoms with Crippen molar-refractivity contribution in [3.8, 4) is 0 Å². The largest absolute Gasteiger partial charge is 0.324 e. The molecule has 1 nitrogen and oxygen atoms in total. The zero-order chi connectivity index (χ0) is 11.3. The average Bonchev–Trinajstić information content (AvgIpc) is 2.16. The Balaban J connectivity index is 0.00000225. The van der Waals surface area contributed by atoms with Crippen LogP contribution in [-0.4, -0.2) is 0 Å². The molecular formula is C14H24ClN. The summed E-state index contributed by atoms with van der Waals surface area (Å²) in [5, 5.41) is 0. The third-order valence-electron chi connectivity index (χ3n) is 2.79. The molecule has 0 radical (unpaired) electrons. The number of aryl methyl sites for hydroxylation is 2. The standard InChI is InChI=1S/C14H23N.ClH/c1-4-5-6-7-14(15)13-9-11(2)8-12(3)10-13;/h8-10,14H,4-7,15H2,1-3H3;1H/t14-;/m0./s1. The van der Waals surface area contributed by atoms with Crippen LogP contribution >= 0.6 is 12.4 Å². The SMILES string of the molecule is CCCCC[C@H](N)c1cc(C)cc(C)c1.Cl. The van der Waals surface area contributed by atoms with Gasteiger partial charge in [-0.2, -0.15) is 0 Å². The smallest absolute Gasteiger partial charge is 0.0295 e. The van der Waals surface area contributed by atoms with Crippen molar-refractivity contribution in [1.82, 2.24) is 0 Å². The number of hydrogen-bond acceptors (Lipinski definition) is 1. The highest BCUT2D eigenvalue weighted by atomic mass is 35.5. The summed E-state index contributed by atoms with van der Waals surface area (Å²) in [6.45, 7) is 6.49. The molecule has 0 aliphatic heterocycles. The van der Waals surface area contributed by atoms with Gasteiger partial charge in [0.1, 0.15) is 0 Å². The number of benzene rings is 1. The molecule has 0 fully saturated rings. The topological polar surface area (TPSA) is 26.0 Å². The van der Waals surface area contributed by atoms with Gasteiger partial charge < -0.3 is 5.73 Å². The monoisotopic (exact) mass is 241 g/mol. The lowest BCUT2D eigenvalue weighted by molar-refractivity contribution is 0.581. The summed E-state index contributed by atoms with van der Waals surface area (Å²) in [6.07, 6.45) is 4.90. The molecule has 0 saturated heterocycles. The fourth-order valence-electron chi connectivity index (χ4n) is 2.00. The fraction of sp³-hybridized carbons (Fsp3) is 0.571. The van der Waals surface area contributed by atoms with Crippen LogP contribution in [0.15, 0.2) is 18.2 Å². The van der Waals surface area contributed by atoms with Crippen molar-refractivity contribution in [1.29, 1.82) is 0 Å². The van der Waals surface area contributed by atoms with E-state index in [0.29, 0.717) is 0 Å². The predicted octanol–water partition coefficient (Wildman–Crippen LogP) is 4.31. The Morgan fingerprint density at radius 3 is 2.12 bits per heavy atom. The highest BCUT2D eigenvalue weighted by Crippen LogP contribution is 2.19. The molecule has 0 aliphatic carbocycles. The van der Waals surface area contributed by atoms with E-state index < -0.39 is 0 Å². The van der Waals surface area contributed by atoms with Gasteiger partial charge in [0, 0.05) is 6.04 Å². The van der Waals surface area contributed by atoms with Gasteiger partial charge in [0.15, 0.2) is 0 Å².